The second-order valence-corrected chi connectivity index (χ2v) is 6.00. The lowest BCUT2D eigenvalue weighted by molar-refractivity contribution is -0.130. The molecule has 1 amide bonds. The summed E-state index contributed by atoms with van der Waals surface area (Å²) in [6.07, 6.45) is 7.01. The molecule has 1 aromatic heterocycles. The van der Waals surface area contributed by atoms with E-state index in [-0.39, 0.29) is 5.91 Å². The molecule has 1 fully saturated rings. The largest absolute Gasteiger partial charge is 0.348 e. The minimum Gasteiger partial charge on any atom is -0.348 e. The van der Waals surface area contributed by atoms with Gasteiger partial charge in [0.15, 0.2) is 0 Å². The molecule has 0 bridgehead atoms. The van der Waals surface area contributed by atoms with Crippen molar-refractivity contribution in [2.45, 2.75) is 25.3 Å². The van der Waals surface area contributed by atoms with Gasteiger partial charge in [-0.25, -0.2) is 4.98 Å². The van der Waals surface area contributed by atoms with Crippen molar-refractivity contribution in [3.05, 3.63) is 18.2 Å². The Hall–Kier alpha value is -1.40. The number of aromatic nitrogens is 2. The number of imidazole rings is 1. The summed E-state index contributed by atoms with van der Waals surface area (Å²) in [6, 6.07) is 0.566. The number of rotatable bonds is 6. The van der Waals surface area contributed by atoms with Gasteiger partial charge in [-0.05, 0) is 12.8 Å². The van der Waals surface area contributed by atoms with E-state index < -0.39 is 0 Å². The molecule has 6 heteroatoms. The van der Waals surface area contributed by atoms with Gasteiger partial charge in [0, 0.05) is 65.6 Å². The smallest absolute Gasteiger partial charge is 0.236 e. The number of carbonyl (C=O) groups is 1. The Balaban J connectivity index is 1.63. The molecule has 1 aromatic rings. The molecule has 6 nitrogen and oxygen atoms in total. The summed E-state index contributed by atoms with van der Waals surface area (Å²) in [6.45, 7) is 3.51. The maximum atomic E-state index is 11.7. The second kappa shape index (κ2) is 7.56. The molecule has 1 aliphatic rings. The predicted octanol–water partition coefficient (Wildman–Crippen LogP) is 0.105. The standard InChI is InChI=1S/C15H27N5O/c1-18(2)15(21)12-20-9-5-13(6-10-20)16-7-4-14-17-8-11-19(14)3/h8,11,13,16H,4-7,9-10,12H2,1-3H3. The zero-order chi connectivity index (χ0) is 15.2. The van der Waals surface area contributed by atoms with E-state index in [0.717, 1.165) is 44.7 Å². The molecule has 2 heterocycles. The van der Waals surface area contributed by atoms with E-state index in [4.69, 9.17) is 0 Å². The Morgan fingerprint density at radius 2 is 2.14 bits per heavy atom. The quantitative estimate of drug-likeness (QED) is 0.808. The van der Waals surface area contributed by atoms with Gasteiger partial charge in [0.2, 0.25) is 5.91 Å². The molecular weight excluding hydrogens is 266 g/mol. The summed E-state index contributed by atoms with van der Waals surface area (Å²) in [5, 5.41) is 3.61. The van der Waals surface area contributed by atoms with Crippen LogP contribution in [0.2, 0.25) is 0 Å². The summed E-state index contributed by atoms with van der Waals surface area (Å²) < 4.78 is 2.07. The van der Waals surface area contributed by atoms with Gasteiger partial charge < -0.3 is 14.8 Å². The molecule has 118 valence electrons. The highest BCUT2D eigenvalue weighted by atomic mass is 16.2. The molecule has 1 saturated heterocycles. The van der Waals surface area contributed by atoms with Gasteiger partial charge in [-0.2, -0.15) is 0 Å². The lowest BCUT2D eigenvalue weighted by atomic mass is 10.0. The van der Waals surface area contributed by atoms with Gasteiger partial charge in [0.05, 0.1) is 6.54 Å². The zero-order valence-corrected chi connectivity index (χ0v) is 13.4. The van der Waals surface area contributed by atoms with E-state index >= 15 is 0 Å². The third-order valence-corrected chi connectivity index (χ3v) is 4.15. The fourth-order valence-corrected chi connectivity index (χ4v) is 2.65. The van der Waals surface area contributed by atoms with Crippen LogP contribution in [0.25, 0.3) is 0 Å². The maximum absolute atomic E-state index is 11.7. The summed E-state index contributed by atoms with van der Waals surface area (Å²) in [7, 11) is 5.66. The van der Waals surface area contributed by atoms with Gasteiger partial charge in [0.1, 0.15) is 5.82 Å². The Labute approximate surface area is 127 Å². The molecule has 0 radical (unpaired) electrons. The number of amides is 1. The van der Waals surface area contributed by atoms with E-state index in [0.29, 0.717) is 12.6 Å². The highest BCUT2D eigenvalue weighted by Crippen LogP contribution is 2.10. The zero-order valence-electron chi connectivity index (χ0n) is 13.4. The average Bonchev–Trinajstić information content (AvgIpc) is 2.86. The molecular formula is C15H27N5O. The number of nitrogens with zero attached hydrogens (tertiary/aromatic N) is 4. The molecule has 0 aromatic carbocycles. The van der Waals surface area contributed by atoms with Crippen LogP contribution in [-0.4, -0.2) is 71.6 Å². The van der Waals surface area contributed by atoms with Crippen LogP contribution < -0.4 is 5.32 Å². The molecule has 1 aliphatic heterocycles. The van der Waals surface area contributed by atoms with E-state index in [1.807, 2.05) is 33.5 Å². The summed E-state index contributed by atoms with van der Waals surface area (Å²) in [5.74, 6) is 1.31. The number of hydrogen-bond donors (Lipinski definition) is 1. The van der Waals surface area contributed by atoms with Gasteiger partial charge in [-0.15, -0.1) is 0 Å². The van der Waals surface area contributed by atoms with Crippen molar-refractivity contribution in [1.29, 1.82) is 0 Å². The van der Waals surface area contributed by atoms with E-state index in [9.17, 15) is 4.79 Å². The van der Waals surface area contributed by atoms with Crippen molar-refractivity contribution in [3.63, 3.8) is 0 Å². The van der Waals surface area contributed by atoms with Gasteiger partial charge in [-0.3, -0.25) is 9.69 Å². The van der Waals surface area contributed by atoms with Gasteiger partial charge in [-0.1, -0.05) is 0 Å². The van der Waals surface area contributed by atoms with E-state index in [1.165, 1.54) is 0 Å². The van der Waals surface area contributed by atoms with Crippen molar-refractivity contribution in [2.75, 3.05) is 40.3 Å². The number of carbonyl (C=O) groups excluding carboxylic acids is 1. The first kappa shape index (κ1) is 16.0. The fraction of sp³-hybridized carbons (Fsp3) is 0.733. The monoisotopic (exact) mass is 293 g/mol. The van der Waals surface area contributed by atoms with Crippen molar-refractivity contribution in [1.82, 2.24) is 24.7 Å². The number of aryl methyl sites for hydroxylation is 1. The van der Waals surface area contributed by atoms with Crippen LogP contribution in [0, 0.1) is 0 Å². The molecule has 1 N–H and O–H groups in total. The number of nitrogens with one attached hydrogen (secondary N) is 1. The first-order chi connectivity index (χ1) is 10.1. The van der Waals surface area contributed by atoms with Crippen LogP contribution >= 0.6 is 0 Å². The average molecular weight is 293 g/mol. The number of likely N-dealkylation sites (N-methyl/N-ethyl adjacent to an activating group) is 1. The van der Waals surface area contributed by atoms with E-state index in [2.05, 4.69) is 19.8 Å². The lowest BCUT2D eigenvalue weighted by Gasteiger charge is -2.32. The Morgan fingerprint density at radius 3 is 2.71 bits per heavy atom. The van der Waals surface area contributed by atoms with Crippen LogP contribution in [0.1, 0.15) is 18.7 Å². The van der Waals surface area contributed by atoms with Crippen molar-refractivity contribution < 1.29 is 4.79 Å². The Kier molecular flexibility index (Phi) is 5.76. The van der Waals surface area contributed by atoms with Crippen molar-refractivity contribution >= 4 is 5.91 Å². The Bertz CT molecular complexity index is 449. The molecule has 21 heavy (non-hydrogen) atoms. The lowest BCUT2D eigenvalue weighted by Crippen LogP contribution is -2.46. The van der Waals surface area contributed by atoms with Crippen LogP contribution in [0.15, 0.2) is 12.4 Å². The number of piperidine rings is 1. The summed E-state index contributed by atoms with van der Waals surface area (Å²) in [4.78, 5) is 19.9. The van der Waals surface area contributed by atoms with Crippen LogP contribution in [0.3, 0.4) is 0 Å². The SMILES string of the molecule is CN(C)C(=O)CN1CCC(NCCc2nccn2C)CC1. The topological polar surface area (TPSA) is 53.4 Å². The minimum absolute atomic E-state index is 0.191. The molecule has 0 spiro atoms. The first-order valence-corrected chi connectivity index (χ1v) is 7.68. The normalized spacial score (nSPS) is 17.1. The number of hydrogen-bond acceptors (Lipinski definition) is 4. The molecule has 0 atom stereocenters. The van der Waals surface area contributed by atoms with Gasteiger partial charge in [0.25, 0.3) is 0 Å². The van der Waals surface area contributed by atoms with Crippen LogP contribution in [0.5, 0.6) is 0 Å². The summed E-state index contributed by atoms with van der Waals surface area (Å²) >= 11 is 0. The highest BCUT2D eigenvalue weighted by molar-refractivity contribution is 5.77. The molecule has 0 saturated carbocycles. The predicted molar refractivity (Wildman–Crippen MR) is 83.1 cm³/mol. The van der Waals surface area contributed by atoms with E-state index in [1.54, 1.807) is 4.90 Å². The molecule has 2 rings (SSSR count). The second-order valence-electron chi connectivity index (χ2n) is 6.00. The summed E-state index contributed by atoms with van der Waals surface area (Å²) in [5.41, 5.74) is 0. The highest BCUT2D eigenvalue weighted by Gasteiger charge is 2.20. The maximum Gasteiger partial charge on any atom is 0.236 e. The van der Waals surface area contributed by atoms with Crippen molar-refractivity contribution in [3.8, 4) is 0 Å². The fourth-order valence-electron chi connectivity index (χ4n) is 2.65. The molecule has 0 aliphatic carbocycles. The van der Waals surface area contributed by atoms with Crippen LogP contribution in [0.4, 0.5) is 0 Å². The van der Waals surface area contributed by atoms with Gasteiger partial charge >= 0.3 is 0 Å². The Morgan fingerprint density at radius 1 is 1.43 bits per heavy atom. The third kappa shape index (κ3) is 4.82. The first-order valence-electron chi connectivity index (χ1n) is 7.68. The molecule has 0 unspecified atom stereocenters. The number of likely N-dealkylation sites (tertiary alicyclic amines) is 1. The van der Waals surface area contributed by atoms with Crippen molar-refractivity contribution in [2.24, 2.45) is 7.05 Å². The third-order valence-electron chi connectivity index (χ3n) is 4.15. The minimum atomic E-state index is 0.191. The van der Waals surface area contributed by atoms with Crippen LogP contribution in [-0.2, 0) is 18.3 Å².